The third kappa shape index (κ3) is 8.07. The highest BCUT2D eigenvalue weighted by atomic mass is 31.3. The Balaban J connectivity index is 1.82. The van der Waals surface area contributed by atoms with E-state index in [1.165, 1.54) is 6.34 Å². The number of phosphoric acid groups is 3. The van der Waals surface area contributed by atoms with Gasteiger partial charge in [-0.25, -0.2) is 18.7 Å². The van der Waals surface area contributed by atoms with Gasteiger partial charge in [0, 0.05) is 13.0 Å². The molecule has 262 valence electrons. The first-order valence-electron chi connectivity index (χ1n) is 13.6. The van der Waals surface area contributed by atoms with Crippen LogP contribution in [-0.2, 0) is 36.3 Å². The maximum Gasteiger partial charge on any atom is 0.490 e. The van der Waals surface area contributed by atoms with Crippen LogP contribution in [0.15, 0.2) is 11.3 Å². The second kappa shape index (κ2) is 14.2. The summed E-state index contributed by atoms with van der Waals surface area (Å²) >= 11 is 0. The number of anilines is 1. The van der Waals surface area contributed by atoms with Gasteiger partial charge in [0.25, 0.3) is 5.82 Å². The summed E-state index contributed by atoms with van der Waals surface area (Å²) in [6, 6.07) is 0. The van der Waals surface area contributed by atoms with Crippen molar-refractivity contribution in [3.05, 3.63) is 6.33 Å². The van der Waals surface area contributed by atoms with E-state index in [0.29, 0.717) is 19.4 Å². The standard InChI is InChI=1S/C20H36N7O16P3/c21-4-1-2-5-26-7-13(40-20(9-26,3-6-28)41-45(35,36)43-46(37,38)42-44(32,33)34)27(19-16(31)15(30)12(8-29)39-19)11-25-14-17(22)23-10-24-18(14)27/h10-13,15-16,19,28-31H,1-9,21H2,(H5-,22,23,24,32,33,34,35,36,37,38)/p+1/t12-,13?,15-,16-,19-,20?,27?/m1/s1. The first-order valence-corrected chi connectivity index (χ1v) is 18.2. The van der Waals surface area contributed by atoms with Gasteiger partial charge < -0.3 is 56.2 Å². The van der Waals surface area contributed by atoms with Gasteiger partial charge in [-0.2, -0.15) is 23.1 Å². The van der Waals surface area contributed by atoms with Crippen LogP contribution in [0.4, 0.5) is 17.3 Å². The number of ether oxygens (including phenoxy) is 2. The lowest BCUT2D eigenvalue weighted by atomic mass is 10.1. The molecule has 46 heavy (non-hydrogen) atoms. The zero-order valence-corrected chi connectivity index (χ0v) is 26.7. The van der Waals surface area contributed by atoms with Crippen molar-refractivity contribution in [2.75, 3.05) is 45.1 Å². The second-order valence-corrected chi connectivity index (χ2v) is 15.0. The van der Waals surface area contributed by atoms with Crippen molar-refractivity contribution in [3.63, 3.8) is 0 Å². The average Bonchev–Trinajstić information content (AvgIpc) is 3.45. The fraction of sp³-hybridized carbons (Fsp3) is 0.750. The number of fused-ring (bicyclic) bond motifs is 1. The van der Waals surface area contributed by atoms with Crippen LogP contribution in [0.25, 0.3) is 0 Å². The van der Waals surface area contributed by atoms with Crippen molar-refractivity contribution in [2.24, 2.45) is 10.7 Å². The number of phosphoric ester groups is 1. The SMILES string of the molecule is NCCCCN1CC([N+]2([C@@H]3O[C@H](CO)[C@@H](O)[C@H]3O)C=Nc3c(N)ncnc32)OC(CCO)(OP(=O)(O)OP(=O)(O)OP(=O)(O)O)C1. The number of morpholine rings is 1. The number of nitrogens with two attached hydrogens (primary N) is 2. The molecule has 0 radical (unpaired) electrons. The van der Waals surface area contributed by atoms with E-state index in [2.05, 4.69) is 23.6 Å². The molecular formula is C20H37N7O16P3+. The Bertz CT molecular complexity index is 1420. The minimum Gasteiger partial charge on any atom is -0.396 e. The molecule has 0 bridgehead atoms. The largest absolute Gasteiger partial charge is 0.490 e. The van der Waals surface area contributed by atoms with Gasteiger partial charge in [0.1, 0.15) is 18.5 Å². The van der Waals surface area contributed by atoms with Gasteiger partial charge in [-0.05, 0) is 25.9 Å². The minimum atomic E-state index is -5.94. The van der Waals surface area contributed by atoms with E-state index in [1.54, 1.807) is 4.90 Å². The van der Waals surface area contributed by atoms with Crippen molar-refractivity contribution in [2.45, 2.75) is 55.8 Å². The molecule has 3 aliphatic heterocycles. The minimum absolute atomic E-state index is 0.0183. The van der Waals surface area contributed by atoms with Crippen molar-refractivity contribution in [3.8, 4) is 0 Å². The Labute approximate surface area is 261 Å². The normalized spacial score (nSPS) is 34.3. The first-order chi connectivity index (χ1) is 21.4. The first kappa shape index (κ1) is 37.4. The molecule has 1 aromatic rings. The zero-order valence-electron chi connectivity index (χ0n) is 24.0. The number of aromatic nitrogens is 2. The monoisotopic (exact) mass is 724 g/mol. The Kier molecular flexibility index (Phi) is 11.6. The van der Waals surface area contributed by atoms with Crippen LogP contribution in [0.5, 0.6) is 0 Å². The number of nitrogen functional groups attached to an aromatic ring is 1. The van der Waals surface area contributed by atoms with Crippen LogP contribution in [0.3, 0.4) is 0 Å². The van der Waals surface area contributed by atoms with E-state index in [1.807, 2.05) is 0 Å². The van der Waals surface area contributed by atoms with E-state index in [4.69, 9.17) is 35.3 Å². The summed E-state index contributed by atoms with van der Waals surface area (Å²) in [6.07, 6.45) is -4.86. The second-order valence-electron chi connectivity index (χ2n) is 10.6. The summed E-state index contributed by atoms with van der Waals surface area (Å²) in [4.78, 5) is 52.2. The molecule has 2 fully saturated rings. The van der Waals surface area contributed by atoms with E-state index in [9.17, 15) is 43.9 Å². The van der Waals surface area contributed by atoms with E-state index < -0.39 is 90.7 Å². The number of hydrogen-bond donors (Lipinski definition) is 10. The lowest BCUT2D eigenvalue weighted by molar-refractivity contribution is -0.294. The molecule has 26 heteroatoms. The van der Waals surface area contributed by atoms with Crippen LogP contribution in [0.1, 0.15) is 19.3 Å². The van der Waals surface area contributed by atoms with Gasteiger partial charge in [-0.3, -0.25) is 14.2 Å². The van der Waals surface area contributed by atoms with Gasteiger partial charge in [0.2, 0.25) is 24.6 Å². The van der Waals surface area contributed by atoms with Crippen molar-refractivity contribution >= 4 is 47.1 Å². The summed E-state index contributed by atoms with van der Waals surface area (Å²) < 4.78 is 60.6. The molecule has 0 spiro atoms. The summed E-state index contributed by atoms with van der Waals surface area (Å²) in [5.74, 6) is -2.52. The van der Waals surface area contributed by atoms with Crippen LogP contribution in [0, 0.1) is 0 Å². The van der Waals surface area contributed by atoms with Crippen LogP contribution in [-0.4, -0.2) is 137 Å². The fourth-order valence-electron chi connectivity index (χ4n) is 5.52. The molecule has 0 amide bonds. The number of quaternary nitrogens is 1. The van der Waals surface area contributed by atoms with E-state index in [0.717, 1.165) is 6.33 Å². The van der Waals surface area contributed by atoms with Gasteiger partial charge >= 0.3 is 23.5 Å². The highest BCUT2D eigenvalue weighted by Crippen LogP contribution is 2.67. The number of rotatable bonds is 15. The molecule has 0 aromatic carbocycles. The highest BCUT2D eigenvalue weighted by Gasteiger charge is 2.64. The van der Waals surface area contributed by atoms with Crippen LogP contribution in [0.2, 0.25) is 0 Å². The quantitative estimate of drug-likeness (QED) is 0.0499. The molecular weight excluding hydrogens is 687 g/mol. The smallest absolute Gasteiger partial charge is 0.396 e. The van der Waals surface area contributed by atoms with Gasteiger partial charge in [-0.1, -0.05) is 0 Å². The zero-order chi connectivity index (χ0) is 34.1. The number of aliphatic hydroxyl groups is 4. The average molecular weight is 724 g/mol. The van der Waals surface area contributed by atoms with Gasteiger partial charge in [-0.15, -0.1) is 0 Å². The Morgan fingerprint density at radius 2 is 1.78 bits per heavy atom. The van der Waals surface area contributed by atoms with Gasteiger partial charge in [0.05, 0.1) is 19.7 Å². The molecule has 9 atom stereocenters. The summed E-state index contributed by atoms with van der Waals surface area (Å²) in [5.41, 5.74) is 11.7. The van der Waals surface area contributed by atoms with E-state index in [-0.39, 0.29) is 30.4 Å². The molecule has 5 unspecified atom stereocenters. The Morgan fingerprint density at radius 1 is 1.07 bits per heavy atom. The molecule has 1 aromatic heterocycles. The summed E-state index contributed by atoms with van der Waals surface area (Å²) in [7, 11) is -17.5. The lowest BCUT2D eigenvalue weighted by Crippen LogP contribution is -2.73. The number of hydrogen-bond acceptors (Lipinski definition) is 18. The summed E-state index contributed by atoms with van der Waals surface area (Å²) in [6.45, 7) is -1.43. The number of aliphatic hydroxyl groups excluding tert-OH is 4. The molecule has 0 saturated carbocycles. The predicted molar refractivity (Wildman–Crippen MR) is 153 cm³/mol. The van der Waals surface area contributed by atoms with Crippen molar-refractivity contribution in [1.29, 1.82) is 0 Å². The van der Waals surface area contributed by atoms with Crippen molar-refractivity contribution in [1.82, 2.24) is 19.4 Å². The molecule has 12 N–H and O–H groups in total. The molecule has 0 aliphatic carbocycles. The number of nitrogens with zero attached hydrogens (tertiary/aromatic N) is 5. The number of unbranched alkanes of at least 4 members (excludes halogenated alkanes) is 1. The van der Waals surface area contributed by atoms with E-state index >= 15 is 0 Å². The topological polar surface area (TPSA) is 353 Å². The van der Waals surface area contributed by atoms with Crippen molar-refractivity contribution < 1.29 is 76.3 Å². The Morgan fingerprint density at radius 3 is 2.39 bits per heavy atom. The third-order valence-electron chi connectivity index (χ3n) is 7.34. The lowest BCUT2D eigenvalue weighted by Gasteiger charge is -2.50. The van der Waals surface area contributed by atoms with Gasteiger partial charge in [0.15, 0.2) is 17.6 Å². The predicted octanol–water partition coefficient (Wildman–Crippen LogP) is -2.70. The number of aliphatic imine (C=N–C) groups is 1. The fourth-order valence-corrected chi connectivity index (χ4v) is 8.78. The Hall–Kier alpha value is -1.40. The molecule has 4 rings (SSSR count). The molecule has 3 aliphatic rings. The maximum atomic E-state index is 13.1. The van der Waals surface area contributed by atoms with Crippen LogP contribution < -0.4 is 16.0 Å². The highest BCUT2D eigenvalue weighted by molar-refractivity contribution is 7.66. The molecule has 4 heterocycles. The summed E-state index contributed by atoms with van der Waals surface area (Å²) in [5, 5.41) is 41.6. The van der Waals surface area contributed by atoms with Crippen LogP contribution >= 0.6 is 23.5 Å². The molecule has 23 nitrogen and oxygen atoms in total. The maximum absolute atomic E-state index is 13.1. The third-order valence-corrected chi connectivity index (χ3v) is 11.2. The molecule has 2 saturated heterocycles.